The van der Waals surface area contributed by atoms with Crippen molar-refractivity contribution in [3.05, 3.63) is 112 Å². The fraction of sp³-hybridized carbons (Fsp3) is 0. The number of H-pyrrole nitrogens is 1. The number of pyridine rings is 1. The summed E-state index contributed by atoms with van der Waals surface area (Å²) in [6.07, 6.45) is 5.18. The zero-order valence-electron chi connectivity index (χ0n) is 16.8. The number of carbonyl (C=O) groups excluding carboxylic acids is 2. The van der Waals surface area contributed by atoms with Crippen LogP contribution in [0.3, 0.4) is 0 Å². The van der Waals surface area contributed by atoms with Gasteiger partial charge in [0.05, 0.1) is 11.3 Å². The second-order valence-corrected chi connectivity index (χ2v) is 7.28. The Labute approximate surface area is 183 Å². The second kappa shape index (κ2) is 7.88. The molecule has 0 fully saturated rings. The summed E-state index contributed by atoms with van der Waals surface area (Å²) in [5.74, 6) is -0.737. The fourth-order valence-electron chi connectivity index (χ4n) is 3.66. The minimum atomic E-state index is -0.522. The van der Waals surface area contributed by atoms with Crippen LogP contribution in [-0.2, 0) is 4.79 Å². The number of aromatic amines is 1. The summed E-state index contributed by atoms with van der Waals surface area (Å²) in [5, 5.41) is 5.57. The van der Waals surface area contributed by atoms with E-state index in [1.54, 1.807) is 54.9 Å². The molecule has 0 spiro atoms. The van der Waals surface area contributed by atoms with E-state index in [1.165, 1.54) is 10.6 Å². The van der Waals surface area contributed by atoms with Crippen molar-refractivity contribution < 1.29 is 9.59 Å². The molecule has 0 unspecified atom stereocenters. The van der Waals surface area contributed by atoms with E-state index >= 15 is 0 Å². The Balaban J connectivity index is 1.42. The second-order valence-electron chi connectivity index (χ2n) is 7.28. The summed E-state index contributed by atoms with van der Waals surface area (Å²) in [7, 11) is 0. The topological polar surface area (TPSA) is 96.0 Å². The van der Waals surface area contributed by atoms with E-state index in [9.17, 15) is 14.4 Å². The number of nitrogens with zero attached hydrogens (tertiary/aromatic N) is 1. The largest absolute Gasteiger partial charge is 0.362 e. The van der Waals surface area contributed by atoms with Gasteiger partial charge in [-0.1, -0.05) is 24.3 Å². The zero-order valence-corrected chi connectivity index (χ0v) is 16.8. The molecular weight excluding hydrogens is 404 g/mol. The normalized spacial score (nSPS) is 13.6. The van der Waals surface area contributed by atoms with Gasteiger partial charge in [-0.05, 0) is 54.6 Å². The molecule has 4 aromatic rings. The van der Waals surface area contributed by atoms with Gasteiger partial charge in [0.2, 0.25) is 0 Å². The number of amides is 2. The Morgan fingerprint density at radius 2 is 1.78 bits per heavy atom. The van der Waals surface area contributed by atoms with E-state index in [-0.39, 0.29) is 11.5 Å². The van der Waals surface area contributed by atoms with Crippen molar-refractivity contribution in [3.8, 4) is 5.69 Å². The highest BCUT2D eigenvalue weighted by Gasteiger charge is 2.25. The SMILES string of the molecule is O=C1Nc2cc(NC(=O)c3cccn(-c4ccccc4)c3=O)ccc2C1=Cc1ccc[nH]1. The number of hydrogen-bond donors (Lipinski definition) is 3. The van der Waals surface area contributed by atoms with E-state index in [0.29, 0.717) is 22.6 Å². The third kappa shape index (κ3) is 3.52. The summed E-state index contributed by atoms with van der Waals surface area (Å²) in [5.41, 5.74) is 3.45. The van der Waals surface area contributed by atoms with Crippen molar-refractivity contribution in [1.29, 1.82) is 0 Å². The third-order valence-electron chi connectivity index (χ3n) is 5.21. The molecule has 0 bridgehead atoms. The maximum atomic E-state index is 12.9. The number of nitrogens with one attached hydrogen (secondary N) is 3. The highest BCUT2D eigenvalue weighted by Crippen LogP contribution is 2.35. The first-order valence-electron chi connectivity index (χ1n) is 9.99. The zero-order chi connectivity index (χ0) is 22.1. The standard InChI is InChI=1S/C25H18N4O3/c30-23(20-9-5-13-29(25(20)32)18-7-2-1-3-8-18)27-17-10-11-19-21(14-16-6-4-12-26-16)24(31)28-22(19)15-17/h1-15,26H,(H,27,30)(H,28,31). The van der Waals surface area contributed by atoms with Gasteiger partial charge in [-0.3, -0.25) is 19.0 Å². The molecule has 32 heavy (non-hydrogen) atoms. The van der Waals surface area contributed by atoms with Crippen molar-refractivity contribution in [3.63, 3.8) is 0 Å². The van der Waals surface area contributed by atoms with Gasteiger partial charge in [0.25, 0.3) is 17.4 Å². The molecular formula is C25H18N4O3. The van der Waals surface area contributed by atoms with Crippen LogP contribution in [0.1, 0.15) is 21.6 Å². The lowest BCUT2D eigenvalue weighted by molar-refractivity contribution is -0.110. The van der Waals surface area contributed by atoms with Gasteiger partial charge < -0.3 is 15.6 Å². The molecule has 3 heterocycles. The van der Waals surface area contributed by atoms with Gasteiger partial charge in [0.15, 0.2) is 0 Å². The molecule has 7 heteroatoms. The van der Waals surface area contributed by atoms with Crippen molar-refractivity contribution in [2.45, 2.75) is 0 Å². The lowest BCUT2D eigenvalue weighted by atomic mass is 10.1. The summed E-state index contributed by atoms with van der Waals surface area (Å²) in [6, 6.07) is 21.1. The third-order valence-corrected chi connectivity index (χ3v) is 5.21. The Kier molecular flexibility index (Phi) is 4.76. The number of rotatable bonds is 4. The van der Waals surface area contributed by atoms with Crippen LogP contribution in [0.5, 0.6) is 0 Å². The molecule has 7 nitrogen and oxygen atoms in total. The van der Waals surface area contributed by atoms with Crippen LogP contribution >= 0.6 is 0 Å². The van der Waals surface area contributed by atoms with Crippen LogP contribution in [0.25, 0.3) is 17.3 Å². The number of carbonyl (C=O) groups is 2. The molecule has 2 aromatic carbocycles. The smallest absolute Gasteiger partial charge is 0.267 e. The number of fused-ring (bicyclic) bond motifs is 1. The summed E-state index contributed by atoms with van der Waals surface area (Å²) in [6.45, 7) is 0. The highest BCUT2D eigenvalue weighted by atomic mass is 16.2. The molecule has 1 aliphatic rings. The van der Waals surface area contributed by atoms with E-state index < -0.39 is 11.5 Å². The maximum absolute atomic E-state index is 12.9. The van der Waals surface area contributed by atoms with Gasteiger partial charge in [-0.25, -0.2) is 0 Å². The van der Waals surface area contributed by atoms with E-state index in [4.69, 9.17) is 0 Å². The average Bonchev–Trinajstić information content (AvgIpc) is 3.42. The first-order valence-corrected chi connectivity index (χ1v) is 9.99. The molecule has 0 aliphatic carbocycles. The monoisotopic (exact) mass is 422 g/mol. The van der Waals surface area contributed by atoms with E-state index in [1.807, 2.05) is 30.3 Å². The predicted octanol–water partition coefficient (Wildman–Crippen LogP) is 3.91. The number of hydrogen-bond acceptors (Lipinski definition) is 3. The van der Waals surface area contributed by atoms with E-state index in [0.717, 1.165) is 11.3 Å². The average molecular weight is 422 g/mol. The van der Waals surface area contributed by atoms with Crippen LogP contribution in [0.15, 0.2) is 90.0 Å². The molecule has 0 saturated heterocycles. The lowest BCUT2D eigenvalue weighted by Crippen LogP contribution is -2.27. The van der Waals surface area contributed by atoms with Crippen molar-refractivity contribution in [1.82, 2.24) is 9.55 Å². The lowest BCUT2D eigenvalue weighted by Gasteiger charge is -2.09. The van der Waals surface area contributed by atoms with Crippen LogP contribution in [0.4, 0.5) is 11.4 Å². The van der Waals surface area contributed by atoms with Gasteiger partial charge in [0, 0.05) is 35.0 Å². The molecule has 0 radical (unpaired) electrons. The summed E-state index contributed by atoms with van der Waals surface area (Å²) >= 11 is 0. The number of aromatic nitrogens is 2. The molecule has 0 saturated carbocycles. The first kappa shape index (κ1) is 19.3. The van der Waals surface area contributed by atoms with Gasteiger partial charge >= 0.3 is 0 Å². The number of benzene rings is 2. The highest BCUT2D eigenvalue weighted by molar-refractivity contribution is 6.35. The molecule has 2 aromatic heterocycles. The van der Waals surface area contributed by atoms with Crippen molar-refractivity contribution in [2.24, 2.45) is 0 Å². The quantitative estimate of drug-likeness (QED) is 0.435. The van der Waals surface area contributed by atoms with Gasteiger partial charge in [-0.15, -0.1) is 0 Å². The molecule has 3 N–H and O–H groups in total. The summed E-state index contributed by atoms with van der Waals surface area (Å²) < 4.78 is 1.43. The van der Waals surface area contributed by atoms with Gasteiger partial charge in [0.1, 0.15) is 5.56 Å². The molecule has 2 amide bonds. The number of anilines is 2. The minimum Gasteiger partial charge on any atom is -0.362 e. The molecule has 1 aliphatic heterocycles. The maximum Gasteiger partial charge on any atom is 0.267 e. The predicted molar refractivity (Wildman–Crippen MR) is 124 cm³/mol. The Morgan fingerprint density at radius 1 is 0.938 bits per heavy atom. The molecule has 156 valence electrons. The summed E-state index contributed by atoms with van der Waals surface area (Å²) in [4.78, 5) is 41.1. The van der Waals surface area contributed by atoms with Crippen LogP contribution in [0.2, 0.25) is 0 Å². The van der Waals surface area contributed by atoms with Crippen LogP contribution in [-0.4, -0.2) is 21.4 Å². The molecule has 0 atom stereocenters. The van der Waals surface area contributed by atoms with Crippen LogP contribution in [0, 0.1) is 0 Å². The van der Waals surface area contributed by atoms with Gasteiger partial charge in [-0.2, -0.15) is 0 Å². The Hall–Kier alpha value is -4.65. The van der Waals surface area contributed by atoms with Crippen molar-refractivity contribution >= 4 is 34.8 Å². The van der Waals surface area contributed by atoms with E-state index in [2.05, 4.69) is 15.6 Å². The minimum absolute atomic E-state index is 0.0215. The Morgan fingerprint density at radius 3 is 2.56 bits per heavy atom. The molecule has 5 rings (SSSR count). The number of para-hydroxylation sites is 1. The van der Waals surface area contributed by atoms with Crippen molar-refractivity contribution in [2.75, 3.05) is 10.6 Å². The van der Waals surface area contributed by atoms with Crippen LogP contribution < -0.4 is 16.2 Å². The first-order chi connectivity index (χ1) is 15.6. The Bertz CT molecular complexity index is 1420. The fourth-order valence-corrected chi connectivity index (χ4v) is 3.66.